The summed E-state index contributed by atoms with van der Waals surface area (Å²) in [6, 6.07) is 6.75. The number of esters is 1. The molecule has 1 fully saturated rings. The van der Waals surface area contributed by atoms with E-state index in [9.17, 15) is 9.59 Å². The molecule has 0 atom stereocenters. The van der Waals surface area contributed by atoms with Gasteiger partial charge in [0.1, 0.15) is 12.2 Å². The van der Waals surface area contributed by atoms with Gasteiger partial charge in [0, 0.05) is 23.9 Å². The SMILES string of the molecule is CC(=O)OCc1cc(=O)oc2cc(B3OC(C)(C)C(C)(C)O3)ccc12. The monoisotopic (exact) mass is 344 g/mol. The molecule has 0 radical (unpaired) electrons. The Morgan fingerprint density at radius 1 is 1.12 bits per heavy atom. The molecule has 6 nitrogen and oxygen atoms in total. The second-order valence-electron chi connectivity index (χ2n) is 7.21. The number of ether oxygens (including phenoxy) is 1. The maximum absolute atomic E-state index is 11.8. The van der Waals surface area contributed by atoms with Crippen LogP contribution in [0.1, 0.15) is 40.2 Å². The van der Waals surface area contributed by atoms with Gasteiger partial charge in [-0.1, -0.05) is 12.1 Å². The van der Waals surface area contributed by atoms with Crippen molar-refractivity contribution in [2.75, 3.05) is 0 Å². The van der Waals surface area contributed by atoms with Crippen molar-refractivity contribution in [3.05, 3.63) is 40.2 Å². The van der Waals surface area contributed by atoms with Crippen molar-refractivity contribution in [3.63, 3.8) is 0 Å². The van der Waals surface area contributed by atoms with Gasteiger partial charge in [0.2, 0.25) is 0 Å². The maximum atomic E-state index is 11.8. The van der Waals surface area contributed by atoms with Crippen LogP contribution in [-0.4, -0.2) is 24.3 Å². The van der Waals surface area contributed by atoms with Crippen LogP contribution in [0, 0.1) is 0 Å². The Hall–Kier alpha value is -2.12. The van der Waals surface area contributed by atoms with Crippen LogP contribution < -0.4 is 11.1 Å². The Morgan fingerprint density at radius 3 is 2.36 bits per heavy atom. The van der Waals surface area contributed by atoms with Gasteiger partial charge in [-0.3, -0.25) is 4.79 Å². The quantitative estimate of drug-likeness (QED) is 0.483. The van der Waals surface area contributed by atoms with E-state index in [0.29, 0.717) is 16.5 Å². The van der Waals surface area contributed by atoms with Crippen LogP contribution in [0.5, 0.6) is 0 Å². The molecule has 1 aliphatic rings. The molecule has 7 heteroatoms. The summed E-state index contributed by atoms with van der Waals surface area (Å²) in [4.78, 5) is 22.8. The first-order chi connectivity index (χ1) is 11.6. The molecule has 3 rings (SSSR count). The highest BCUT2D eigenvalue weighted by molar-refractivity contribution is 6.62. The zero-order valence-electron chi connectivity index (χ0n) is 15.0. The van der Waals surface area contributed by atoms with Crippen molar-refractivity contribution < 1.29 is 23.3 Å². The zero-order chi connectivity index (χ0) is 18.4. The van der Waals surface area contributed by atoms with Gasteiger partial charge >= 0.3 is 18.7 Å². The van der Waals surface area contributed by atoms with Crippen LogP contribution in [0.3, 0.4) is 0 Å². The van der Waals surface area contributed by atoms with Crippen LogP contribution in [0.25, 0.3) is 11.0 Å². The largest absolute Gasteiger partial charge is 0.494 e. The Labute approximate surface area is 146 Å². The topological polar surface area (TPSA) is 75.0 Å². The lowest BCUT2D eigenvalue weighted by atomic mass is 9.78. The Kier molecular flexibility index (Phi) is 4.25. The average Bonchev–Trinajstić information content (AvgIpc) is 2.72. The fourth-order valence-corrected chi connectivity index (χ4v) is 2.67. The number of hydrogen-bond acceptors (Lipinski definition) is 6. The molecule has 0 unspecified atom stereocenters. The van der Waals surface area contributed by atoms with Gasteiger partial charge in [-0.25, -0.2) is 4.79 Å². The minimum atomic E-state index is -0.545. The van der Waals surface area contributed by atoms with Gasteiger partial charge in [0.15, 0.2) is 0 Å². The number of fused-ring (bicyclic) bond motifs is 1. The van der Waals surface area contributed by atoms with Gasteiger partial charge in [-0.05, 0) is 39.2 Å². The van der Waals surface area contributed by atoms with Gasteiger partial charge in [0.25, 0.3) is 0 Å². The van der Waals surface area contributed by atoms with Gasteiger partial charge in [-0.2, -0.15) is 0 Å². The number of carbonyl (C=O) groups excluding carboxylic acids is 1. The summed E-state index contributed by atoms with van der Waals surface area (Å²) in [6.45, 7) is 9.25. The minimum absolute atomic E-state index is 0.0211. The zero-order valence-corrected chi connectivity index (χ0v) is 15.0. The van der Waals surface area contributed by atoms with Crippen molar-refractivity contribution >= 4 is 29.5 Å². The summed E-state index contributed by atoms with van der Waals surface area (Å²) in [5.41, 5.74) is 0.360. The Bertz CT molecular complexity index is 867. The molecular weight excluding hydrogens is 323 g/mol. The van der Waals surface area contributed by atoms with Crippen LogP contribution in [-0.2, 0) is 25.4 Å². The van der Waals surface area contributed by atoms with E-state index >= 15 is 0 Å². The van der Waals surface area contributed by atoms with Crippen molar-refractivity contribution in [2.45, 2.75) is 52.4 Å². The molecule has 1 saturated heterocycles. The van der Waals surface area contributed by atoms with E-state index in [4.69, 9.17) is 18.5 Å². The summed E-state index contributed by atoms with van der Waals surface area (Å²) in [7, 11) is -0.545. The predicted molar refractivity (Wildman–Crippen MR) is 93.7 cm³/mol. The summed E-state index contributed by atoms with van der Waals surface area (Å²) in [5.74, 6) is -0.407. The van der Waals surface area contributed by atoms with E-state index in [1.165, 1.54) is 13.0 Å². The molecule has 1 aromatic heterocycles. The molecule has 1 aliphatic heterocycles. The normalized spacial score (nSPS) is 18.5. The van der Waals surface area contributed by atoms with E-state index < -0.39 is 29.9 Å². The molecule has 132 valence electrons. The maximum Gasteiger partial charge on any atom is 0.494 e. The summed E-state index contributed by atoms with van der Waals surface area (Å²) in [5, 5.41) is 0.709. The number of rotatable bonds is 3. The van der Waals surface area contributed by atoms with E-state index in [0.717, 1.165) is 5.46 Å². The average molecular weight is 344 g/mol. The van der Waals surface area contributed by atoms with Crippen molar-refractivity contribution in [2.24, 2.45) is 0 Å². The van der Waals surface area contributed by atoms with Gasteiger partial charge in [-0.15, -0.1) is 0 Å². The molecule has 2 aromatic rings. The fourth-order valence-electron chi connectivity index (χ4n) is 2.67. The first kappa shape index (κ1) is 17.7. The lowest BCUT2D eigenvalue weighted by molar-refractivity contribution is -0.142. The molecule has 0 saturated carbocycles. The lowest BCUT2D eigenvalue weighted by Gasteiger charge is -2.32. The van der Waals surface area contributed by atoms with Crippen LogP contribution >= 0.6 is 0 Å². The second kappa shape index (κ2) is 6.00. The number of carbonyl (C=O) groups is 1. The summed E-state index contributed by atoms with van der Waals surface area (Å²) < 4.78 is 22.4. The standard InChI is InChI=1S/C18H21BO6/c1-11(20)22-10-12-8-16(21)23-15-9-13(6-7-14(12)15)19-24-17(2,3)18(4,5)25-19/h6-9H,10H2,1-5H3. The fraction of sp³-hybridized carbons (Fsp3) is 0.444. The van der Waals surface area contributed by atoms with Gasteiger partial charge < -0.3 is 18.5 Å². The third kappa shape index (κ3) is 3.34. The molecule has 1 aromatic carbocycles. The summed E-state index contributed by atoms with van der Waals surface area (Å²) in [6.07, 6.45) is 0. The predicted octanol–water partition coefficient (Wildman–Crippen LogP) is 2.16. The van der Waals surface area contributed by atoms with E-state index in [1.807, 2.05) is 39.8 Å². The lowest BCUT2D eigenvalue weighted by Crippen LogP contribution is -2.41. The minimum Gasteiger partial charge on any atom is -0.461 e. The van der Waals surface area contributed by atoms with Gasteiger partial charge in [0.05, 0.1) is 11.2 Å². The number of benzene rings is 1. The van der Waals surface area contributed by atoms with Crippen LogP contribution in [0.15, 0.2) is 33.5 Å². The molecule has 25 heavy (non-hydrogen) atoms. The van der Waals surface area contributed by atoms with Crippen molar-refractivity contribution in [1.82, 2.24) is 0 Å². The highest BCUT2D eigenvalue weighted by Crippen LogP contribution is 2.36. The third-order valence-electron chi connectivity index (χ3n) is 4.81. The van der Waals surface area contributed by atoms with E-state index in [2.05, 4.69) is 0 Å². The van der Waals surface area contributed by atoms with Crippen molar-refractivity contribution in [3.8, 4) is 0 Å². The molecular formula is C18H21BO6. The first-order valence-electron chi connectivity index (χ1n) is 8.15. The molecule has 0 aliphatic carbocycles. The third-order valence-corrected chi connectivity index (χ3v) is 4.81. The van der Waals surface area contributed by atoms with Crippen LogP contribution in [0.2, 0.25) is 0 Å². The van der Waals surface area contributed by atoms with E-state index in [1.54, 1.807) is 6.07 Å². The van der Waals surface area contributed by atoms with E-state index in [-0.39, 0.29) is 6.61 Å². The van der Waals surface area contributed by atoms with Crippen molar-refractivity contribution in [1.29, 1.82) is 0 Å². The van der Waals surface area contributed by atoms with Crippen LogP contribution in [0.4, 0.5) is 0 Å². The molecule has 0 N–H and O–H groups in total. The Balaban J connectivity index is 1.98. The second-order valence-corrected chi connectivity index (χ2v) is 7.21. The molecule has 0 amide bonds. The highest BCUT2D eigenvalue weighted by Gasteiger charge is 2.51. The molecule has 0 bridgehead atoms. The Morgan fingerprint density at radius 2 is 1.76 bits per heavy atom. The molecule has 0 spiro atoms. The summed E-state index contributed by atoms with van der Waals surface area (Å²) >= 11 is 0. The molecule has 2 heterocycles. The number of hydrogen-bond donors (Lipinski definition) is 0. The highest BCUT2D eigenvalue weighted by atomic mass is 16.7. The first-order valence-corrected chi connectivity index (χ1v) is 8.15. The smallest absolute Gasteiger partial charge is 0.461 e.